The molecular weight excluding hydrogens is 370 g/mol. The molecule has 0 fully saturated rings. The smallest absolute Gasteiger partial charge is 0.252 e. The number of benzene rings is 2. The van der Waals surface area contributed by atoms with E-state index in [1.54, 1.807) is 6.20 Å². The minimum Gasteiger partial charge on any atom is -0.352 e. The number of pyridine rings is 1. The Morgan fingerprint density at radius 2 is 1.93 bits per heavy atom. The lowest BCUT2D eigenvalue weighted by molar-refractivity contribution is 0.0954. The van der Waals surface area contributed by atoms with Gasteiger partial charge in [0, 0.05) is 30.9 Å². The molecule has 0 unspecified atom stereocenters. The van der Waals surface area contributed by atoms with Crippen LogP contribution in [0.1, 0.15) is 27.0 Å². The average Bonchev–Trinajstić information content (AvgIpc) is 2.73. The number of rotatable bonds is 5. The molecule has 1 N–H and O–H groups in total. The zero-order valence-corrected chi connectivity index (χ0v) is 16.3. The SMILES string of the molecule is O=C(NCCc1cccc(Cl)c1)c1ccc(N2CCc3ccccc3C2)nc1. The molecule has 2 aromatic carbocycles. The van der Waals surface area contributed by atoms with Crippen molar-refractivity contribution in [3.63, 3.8) is 0 Å². The van der Waals surface area contributed by atoms with Crippen molar-refractivity contribution in [2.75, 3.05) is 18.0 Å². The van der Waals surface area contributed by atoms with E-state index in [0.29, 0.717) is 17.1 Å². The van der Waals surface area contributed by atoms with Crippen molar-refractivity contribution in [1.29, 1.82) is 0 Å². The molecule has 0 bridgehead atoms. The summed E-state index contributed by atoms with van der Waals surface area (Å²) in [5.41, 5.74) is 4.44. The first kappa shape index (κ1) is 18.5. The first-order valence-corrected chi connectivity index (χ1v) is 9.87. The van der Waals surface area contributed by atoms with Crippen molar-refractivity contribution >= 4 is 23.3 Å². The summed E-state index contributed by atoms with van der Waals surface area (Å²) in [6.07, 6.45) is 3.42. The van der Waals surface area contributed by atoms with Crippen molar-refractivity contribution in [2.45, 2.75) is 19.4 Å². The second-order valence-electron chi connectivity index (χ2n) is 6.98. The predicted octanol–water partition coefficient (Wildman–Crippen LogP) is 4.27. The number of aromatic nitrogens is 1. The molecule has 0 saturated carbocycles. The summed E-state index contributed by atoms with van der Waals surface area (Å²) in [6, 6.07) is 20.0. The van der Waals surface area contributed by atoms with Gasteiger partial charge in [-0.15, -0.1) is 0 Å². The molecule has 4 nitrogen and oxygen atoms in total. The molecular formula is C23H22ClN3O. The van der Waals surface area contributed by atoms with Gasteiger partial charge in [-0.05, 0) is 53.8 Å². The summed E-state index contributed by atoms with van der Waals surface area (Å²) < 4.78 is 0. The molecule has 0 aliphatic carbocycles. The van der Waals surface area contributed by atoms with Gasteiger partial charge in [-0.3, -0.25) is 4.79 Å². The van der Waals surface area contributed by atoms with E-state index in [1.807, 2.05) is 36.4 Å². The molecule has 2 heterocycles. The third kappa shape index (κ3) is 4.34. The van der Waals surface area contributed by atoms with Crippen LogP contribution in [0.4, 0.5) is 5.82 Å². The molecule has 0 spiro atoms. The molecule has 28 heavy (non-hydrogen) atoms. The van der Waals surface area contributed by atoms with Crippen LogP contribution < -0.4 is 10.2 Å². The van der Waals surface area contributed by atoms with Gasteiger partial charge >= 0.3 is 0 Å². The fourth-order valence-electron chi connectivity index (χ4n) is 3.51. The van der Waals surface area contributed by atoms with Crippen LogP contribution in [0.15, 0.2) is 66.9 Å². The number of hydrogen-bond donors (Lipinski definition) is 1. The normalized spacial score (nSPS) is 13.1. The van der Waals surface area contributed by atoms with Gasteiger partial charge in [0.2, 0.25) is 0 Å². The summed E-state index contributed by atoms with van der Waals surface area (Å²) in [4.78, 5) is 19.1. The number of nitrogens with one attached hydrogen (secondary N) is 1. The van der Waals surface area contributed by atoms with E-state index in [2.05, 4.69) is 39.5 Å². The van der Waals surface area contributed by atoms with Gasteiger partial charge in [-0.2, -0.15) is 0 Å². The van der Waals surface area contributed by atoms with Crippen molar-refractivity contribution in [3.05, 3.63) is 94.1 Å². The highest BCUT2D eigenvalue weighted by atomic mass is 35.5. The van der Waals surface area contributed by atoms with Gasteiger partial charge in [0.1, 0.15) is 5.82 Å². The molecule has 1 aliphatic heterocycles. The molecule has 0 saturated heterocycles. The first-order chi connectivity index (χ1) is 13.7. The van der Waals surface area contributed by atoms with Gasteiger partial charge in [-0.1, -0.05) is 48.0 Å². The summed E-state index contributed by atoms with van der Waals surface area (Å²) in [5.74, 6) is 0.801. The predicted molar refractivity (Wildman–Crippen MR) is 113 cm³/mol. The van der Waals surface area contributed by atoms with Crippen molar-refractivity contribution in [3.8, 4) is 0 Å². The monoisotopic (exact) mass is 391 g/mol. The highest BCUT2D eigenvalue weighted by Gasteiger charge is 2.17. The molecule has 5 heteroatoms. The summed E-state index contributed by atoms with van der Waals surface area (Å²) in [6.45, 7) is 2.35. The van der Waals surface area contributed by atoms with Gasteiger partial charge in [0.25, 0.3) is 5.91 Å². The van der Waals surface area contributed by atoms with Gasteiger partial charge in [0.15, 0.2) is 0 Å². The number of halogens is 1. The van der Waals surface area contributed by atoms with Crippen molar-refractivity contribution < 1.29 is 4.79 Å². The number of fused-ring (bicyclic) bond motifs is 1. The Bertz CT molecular complexity index is 972. The van der Waals surface area contributed by atoms with Gasteiger partial charge in [0.05, 0.1) is 5.56 Å². The van der Waals surface area contributed by atoms with Crippen LogP contribution in [0.25, 0.3) is 0 Å². The minimum atomic E-state index is -0.106. The van der Waals surface area contributed by atoms with Crippen LogP contribution in [0.5, 0.6) is 0 Å². The van der Waals surface area contributed by atoms with Gasteiger partial charge in [-0.25, -0.2) is 4.98 Å². The molecule has 0 atom stereocenters. The largest absolute Gasteiger partial charge is 0.352 e. The Morgan fingerprint density at radius 3 is 2.71 bits per heavy atom. The second kappa shape index (κ2) is 8.44. The van der Waals surface area contributed by atoms with E-state index in [1.165, 1.54) is 11.1 Å². The minimum absolute atomic E-state index is 0.106. The topological polar surface area (TPSA) is 45.2 Å². The van der Waals surface area contributed by atoms with Crippen molar-refractivity contribution in [1.82, 2.24) is 10.3 Å². The number of amides is 1. The third-order valence-corrected chi connectivity index (χ3v) is 5.29. The lowest BCUT2D eigenvalue weighted by Crippen LogP contribution is -2.31. The van der Waals surface area contributed by atoms with E-state index in [-0.39, 0.29) is 5.91 Å². The van der Waals surface area contributed by atoms with Crippen LogP contribution in [0.3, 0.4) is 0 Å². The fourth-order valence-corrected chi connectivity index (χ4v) is 3.73. The van der Waals surface area contributed by atoms with Crippen LogP contribution >= 0.6 is 11.6 Å². The van der Waals surface area contributed by atoms with Crippen LogP contribution in [0.2, 0.25) is 5.02 Å². The standard InChI is InChI=1S/C23H22ClN3O/c24-21-7-3-4-17(14-21)10-12-25-23(28)19-8-9-22(26-15-19)27-13-11-18-5-1-2-6-20(18)16-27/h1-9,14-15H,10-13,16H2,(H,25,28). The Kier molecular flexibility index (Phi) is 5.58. The maximum Gasteiger partial charge on any atom is 0.252 e. The Morgan fingerprint density at radius 1 is 1.07 bits per heavy atom. The third-order valence-electron chi connectivity index (χ3n) is 5.05. The van der Waals surface area contributed by atoms with Crippen molar-refractivity contribution in [2.24, 2.45) is 0 Å². The summed E-state index contributed by atoms with van der Waals surface area (Å²) in [7, 11) is 0. The average molecular weight is 392 g/mol. The second-order valence-corrected chi connectivity index (χ2v) is 7.42. The van der Waals surface area contributed by atoms with E-state index < -0.39 is 0 Å². The molecule has 1 aromatic heterocycles. The number of anilines is 1. The van der Waals surface area contributed by atoms with E-state index in [0.717, 1.165) is 37.3 Å². The Labute approximate surface area is 170 Å². The quantitative estimate of drug-likeness (QED) is 0.706. The molecule has 3 aromatic rings. The fraction of sp³-hybridized carbons (Fsp3) is 0.217. The molecule has 1 aliphatic rings. The summed E-state index contributed by atoms with van der Waals surface area (Å²) in [5, 5.41) is 3.66. The van der Waals surface area contributed by atoms with Crippen LogP contribution in [-0.4, -0.2) is 24.0 Å². The van der Waals surface area contributed by atoms with E-state index in [9.17, 15) is 4.79 Å². The first-order valence-electron chi connectivity index (χ1n) is 9.49. The highest BCUT2D eigenvalue weighted by Crippen LogP contribution is 2.23. The molecule has 0 radical (unpaired) electrons. The lowest BCUT2D eigenvalue weighted by atomic mass is 10.00. The van der Waals surface area contributed by atoms with E-state index in [4.69, 9.17) is 11.6 Å². The highest BCUT2D eigenvalue weighted by molar-refractivity contribution is 6.30. The Hall–Kier alpha value is -2.85. The Balaban J connectivity index is 1.33. The number of hydrogen-bond acceptors (Lipinski definition) is 3. The maximum absolute atomic E-state index is 12.4. The van der Waals surface area contributed by atoms with Gasteiger partial charge < -0.3 is 10.2 Å². The zero-order chi connectivity index (χ0) is 19.3. The number of carbonyl (C=O) groups excluding carboxylic acids is 1. The number of nitrogens with zero attached hydrogens (tertiary/aromatic N) is 2. The lowest BCUT2D eigenvalue weighted by Gasteiger charge is -2.29. The molecule has 142 valence electrons. The van der Waals surface area contributed by atoms with E-state index >= 15 is 0 Å². The number of carbonyl (C=O) groups is 1. The van der Waals surface area contributed by atoms with Crippen LogP contribution in [-0.2, 0) is 19.4 Å². The van der Waals surface area contributed by atoms with Crippen LogP contribution in [0, 0.1) is 0 Å². The molecule has 4 rings (SSSR count). The molecule has 1 amide bonds. The zero-order valence-electron chi connectivity index (χ0n) is 15.6. The maximum atomic E-state index is 12.4. The summed E-state index contributed by atoms with van der Waals surface area (Å²) >= 11 is 5.99.